The second kappa shape index (κ2) is 10.1. The molecule has 27 heavy (non-hydrogen) atoms. The lowest BCUT2D eigenvalue weighted by Crippen LogP contribution is -2.44. The maximum absolute atomic E-state index is 11.6. The van der Waals surface area contributed by atoms with Crippen molar-refractivity contribution in [2.45, 2.75) is 19.4 Å². The van der Waals surface area contributed by atoms with Crippen molar-refractivity contribution in [3.63, 3.8) is 0 Å². The van der Waals surface area contributed by atoms with E-state index >= 15 is 0 Å². The van der Waals surface area contributed by atoms with Crippen LogP contribution in [0, 0.1) is 0 Å². The predicted molar refractivity (Wildman–Crippen MR) is 122 cm³/mol. The number of anilines is 1. The minimum absolute atomic E-state index is 0. The van der Waals surface area contributed by atoms with Gasteiger partial charge in [-0.3, -0.25) is 4.99 Å². The molecule has 1 unspecified atom stereocenters. The summed E-state index contributed by atoms with van der Waals surface area (Å²) in [7, 11) is -2.90. The van der Waals surface area contributed by atoms with Gasteiger partial charge in [0.25, 0.3) is 0 Å². The van der Waals surface area contributed by atoms with Gasteiger partial charge in [0.2, 0.25) is 0 Å². The SMILES string of the molecule is CCNC(=NCCNc1ccc2ccccc2n1)NC1CCS(=O)(=O)C1.I. The standard InChI is InChI=1S/C18H25N5O2S.HI/c1-2-19-18(22-15-9-12-26(24,25)13-15)21-11-10-20-17-8-7-14-5-3-4-6-16(14)23-17;/h3-8,15H,2,9-13H2,1H3,(H,20,23)(H2,19,21,22);1H. The number of nitrogens with zero attached hydrogens (tertiary/aromatic N) is 2. The second-order valence-corrected chi connectivity index (χ2v) is 8.55. The molecule has 1 fully saturated rings. The van der Waals surface area contributed by atoms with Gasteiger partial charge in [0.05, 0.1) is 23.6 Å². The van der Waals surface area contributed by atoms with E-state index in [1.807, 2.05) is 43.3 Å². The monoisotopic (exact) mass is 503 g/mol. The number of guanidine groups is 1. The van der Waals surface area contributed by atoms with Crippen LogP contribution in [0.2, 0.25) is 0 Å². The molecule has 0 aliphatic carbocycles. The van der Waals surface area contributed by atoms with Gasteiger partial charge in [-0.1, -0.05) is 18.2 Å². The van der Waals surface area contributed by atoms with E-state index in [-0.39, 0.29) is 41.5 Å². The van der Waals surface area contributed by atoms with Crippen LogP contribution in [0.3, 0.4) is 0 Å². The molecule has 0 bridgehead atoms. The molecule has 0 amide bonds. The zero-order valence-corrected chi connectivity index (χ0v) is 18.5. The van der Waals surface area contributed by atoms with Gasteiger partial charge < -0.3 is 16.0 Å². The fraction of sp³-hybridized carbons (Fsp3) is 0.444. The van der Waals surface area contributed by atoms with E-state index in [2.05, 4.69) is 25.9 Å². The molecule has 1 aromatic heterocycles. The van der Waals surface area contributed by atoms with Crippen LogP contribution in [0.5, 0.6) is 0 Å². The van der Waals surface area contributed by atoms with Gasteiger partial charge in [-0.2, -0.15) is 0 Å². The molecule has 2 aromatic rings. The Hall–Kier alpha value is -1.62. The average molecular weight is 503 g/mol. The number of halogens is 1. The Morgan fingerprint density at radius 1 is 1.26 bits per heavy atom. The highest BCUT2D eigenvalue weighted by molar-refractivity contribution is 14.0. The quantitative estimate of drug-likeness (QED) is 0.242. The van der Waals surface area contributed by atoms with E-state index in [1.54, 1.807) is 0 Å². The summed E-state index contributed by atoms with van der Waals surface area (Å²) >= 11 is 0. The Labute approximate surface area is 177 Å². The Morgan fingerprint density at radius 3 is 2.81 bits per heavy atom. The van der Waals surface area contributed by atoms with E-state index in [1.165, 1.54) is 0 Å². The van der Waals surface area contributed by atoms with Crippen molar-refractivity contribution in [1.29, 1.82) is 0 Å². The topological polar surface area (TPSA) is 95.5 Å². The van der Waals surface area contributed by atoms with Crippen molar-refractivity contribution < 1.29 is 8.42 Å². The van der Waals surface area contributed by atoms with Gasteiger partial charge in [-0.15, -0.1) is 24.0 Å². The van der Waals surface area contributed by atoms with Crippen LogP contribution < -0.4 is 16.0 Å². The summed E-state index contributed by atoms with van der Waals surface area (Å²) in [5.74, 6) is 1.90. The van der Waals surface area contributed by atoms with Crippen LogP contribution >= 0.6 is 24.0 Å². The van der Waals surface area contributed by atoms with Gasteiger partial charge >= 0.3 is 0 Å². The number of hydrogen-bond acceptors (Lipinski definition) is 5. The molecule has 1 aliphatic rings. The van der Waals surface area contributed by atoms with Crippen molar-refractivity contribution in [3.8, 4) is 0 Å². The van der Waals surface area contributed by atoms with Gasteiger partial charge in [0.1, 0.15) is 5.82 Å². The van der Waals surface area contributed by atoms with Crippen molar-refractivity contribution in [1.82, 2.24) is 15.6 Å². The van der Waals surface area contributed by atoms with E-state index in [4.69, 9.17) is 0 Å². The molecule has 148 valence electrons. The first-order valence-electron chi connectivity index (χ1n) is 8.91. The third-order valence-electron chi connectivity index (χ3n) is 4.20. The Bertz CT molecular complexity index is 888. The van der Waals surface area contributed by atoms with E-state index in [0.717, 1.165) is 23.3 Å². The molecular weight excluding hydrogens is 477 g/mol. The van der Waals surface area contributed by atoms with Gasteiger partial charge in [-0.25, -0.2) is 13.4 Å². The summed E-state index contributed by atoms with van der Waals surface area (Å²) < 4.78 is 23.1. The summed E-state index contributed by atoms with van der Waals surface area (Å²) in [6, 6.07) is 11.9. The number of benzene rings is 1. The number of nitrogens with one attached hydrogen (secondary N) is 3. The largest absolute Gasteiger partial charge is 0.368 e. The molecule has 0 saturated carbocycles. The Morgan fingerprint density at radius 2 is 2.07 bits per heavy atom. The maximum atomic E-state index is 11.6. The first-order valence-corrected chi connectivity index (χ1v) is 10.7. The number of aromatic nitrogens is 1. The molecule has 1 atom stereocenters. The molecular formula is C18H26IN5O2S. The van der Waals surface area contributed by atoms with E-state index < -0.39 is 9.84 Å². The smallest absolute Gasteiger partial charge is 0.191 e. The normalized spacial score (nSPS) is 18.7. The molecule has 3 rings (SSSR count). The van der Waals surface area contributed by atoms with Crippen molar-refractivity contribution in [2.75, 3.05) is 36.5 Å². The molecule has 3 N–H and O–H groups in total. The number of aliphatic imine (C=N–C) groups is 1. The summed E-state index contributed by atoms with van der Waals surface area (Å²) in [6.45, 7) is 3.92. The number of fused-ring (bicyclic) bond motifs is 1. The molecule has 2 heterocycles. The molecule has 0 spiro atoms. The number of para-hydroxylation sites is 1. The van der Waals surface area contributed by atoms with Crippen LogP contribution in [-0.2, 0) is 9.84 Å². The fourth-order valence-corrected chi connectivity index (χ4v) is 4.61. The van der Waals surface area contributed by atoms with Crippen molar-refractivity contribution in [2.24, 2.45) is 4.99 Å². The zero-order valence-electron chi connectivity index (χ0n) is 15.3. The first kappa shape index (κ1) is 21.7. The van der Waals surface area contributed by atoms with Crippen molar-refractivity contribution in [3.05, 3.63) is 36.4 Å². The Kier molecular flexibility index (Phi) is 8.08. The van der Waals surface area contributed by atoms with Crippen LogP contribution in [0.15, 0.2) is 41.4 Å². The van der Waals surface area contributed by atoms with Crippen LogP contribution in [0.1, 0.15) is 13.3 Å². The van der Waals surface area contributed by atoms with E-state index in [9.17, 15) is 8.42 Å². The number of rotatable bonds is 6. The molecule has 7 nitrogen and oxygen atoms in total. The average Bonchev–Trinajstić information content (AvgIpc) is 2.97. The lowest BCUT2D eigenvalue weighted by Gasteiger charge is -2.15. The highest BCUT2D eigenvalue weighted by atomic mass is 127. The fourth-order valence-electron chi connectivity index (χ4n) is 2.94. The highest BCUT2D eigenvalue weighted by Gasteiger charge is 2.28. The van der Waals surface area contributed by atoms with Crippen molar-refractivity contribution >= 4 is 56.5 Å². The lowest BCUT2D eigenvalue weighted by atomic mass is 10.2. The van der Waals surface area contributed by atoms with Crippen LogP contribution in [0.25, 0.3) is 10.9 Å². The maximum Gasteiger partial charge on any atom is 0.191 e. The van der Waals surface area contributed by atoms with Gasteiger partial charge in [-0.05, 0) is 31.5 Å². The third kappa shape index (κ3) is 6.49. The molecule has 9 heteroatoms. The highest BCUT2D eigenvalue weighted by Crippen LogP contribution is 2.14. The minimum atomic E-state index is -2.90. The number of sulfone groups is 1. The first-order chi connectivity index (χ1) is 12.6. The minimum Gasteiger partial charge on any atom is -0.368 e. The van der Waals surface area contributed by atoms with Crippen LogP contribution in [0.4, 0.5) is 5.82 Å². The summed E-state index contributed by atoms with van der Waals surface area (Å²) in [5, 5.41) is 10.8. The molecule has 1 aliphatic heterocycles. The third-order valence-corrected chi connectivity index (χ3v) is 5.97. The molecule has 1 saturated heterocycles. The van der Waals surface area contributed by atoms with E-state index in [0.29, 0.717) is 25.5 Å². The lowest BCUT2D eigenvalue weighted by molar-refractivity contribution is 0.599. The molecule has 0 radical (unpaired) electrons. The predicted octanol–water partition coefficient (Wildman–Crippen LogP) is 2.01. The molecule has 1 aromatic carbocycles. The van der Waals surface area contributed by atoms with Crippen LogP contribution in [-0.4, -0.2) is 56.5 Å². The number of pyridine rings is 1. The summed E-state index contributed by atoms with van der Waals surface area (Å²) in [6.07, 6.45) is 0.631. The summed E-state index contributed by atoms with van der Waals surface area (Å²) in [5.41, 5.74) is 0.957. The Balaban J connectivity index is 0.00000261. The number of hydrogen-bond donors (Lipinski definition) is 3. The summed E-state index contributed by atoms with van der Waals surface area (Å²) in [4.78, 5) is 9.08. The van der Waals surface area contributed by atoms with Gasteiger partial charge in [0.15, 0.2) is 15.8 Å². The van der Waals surface area contributed by atoms with Gasteiger partial charge in [0, 0.05) is 24.5 Å². The zero-order chi connectivity index (χ0) is 18.4. The second-order valence-electron chi connectivity index (χ2n) is 6.32.